The summed E-state index contributed by atoms with van der Waals surface area (Å²) < 4.78 is 9.52. The van der Waals surface area contributed by atoms with Gasteiger partial charge >= 0.3 is 6.09 Å². The van der Waals surface area contributed by atoms with Gasteiger partial charge in [-0.15, -0.1) is 0 Å². The molecular formula is C6H10NO3. The maximum Gasteiger partial charge on any atom is 0.428 e. The van der Waals surface area contributed by atoms with Crippen molar-refractivity contribution >= 4 is 6.09 Å². The van der Waals surface area contributed by atoms with E-state index in [1.807, 2.05) is 0 Å². The molecule has 1 radical (unpaired) electrons. The van der Waals surface area contributed by atoms with Crippen molar-refractivity contribution in [3.63, 3.8) is 0 Å². The third kappa shape index (κ3) is 2.23. The Labute approximate surface area is 59.3 Å². The molecule has 1 heterocycles. The first-order valence-corrected chi connectivity index (χ1v) is 3.33. The van der Waals surface area contributed by atoms with Gasteiger partial charge in [0, 0.05) is 6.42 Å². The second-order valence-electron chi connectivity index (χ2n) is 2.20. The molecule has 1 rings (SSSR count). The Hall–Kier alpha value is -0.770. The fourth-order valence-corrected chi connectivity index (χ4v) is 0.924. The SMILES string of the molecule is [NH]C(=O)OC1CCCCO1. The first kappa shape index (κ1) is 7.34. The summed E-state index contributed by atoms with van der Waals surface area (Å²) in [5.41, 5.74) is 6.47. The van der Waals surface area contributed by atoms with E-state index in [4.69, 9.17) is 10.5 Å². The third-order valence-electron chi connectivity index (χ3n) is 1.38. The van der Waals surface area contributed by atoms with Crippen molar-refractivity contribution in [1.82, 2.24) is 5.73 Å². The highest BCUT2D eigenvalue weighted by Crippen LogP contribution is 2.13. The third-order valence-corrected chi connectivity index (χ3v) is 1.38. The van der Waals surface area contributed by atoms with Crippen LogP contribution in [0.15, 0.2) is 0 Å². The average molecular weight is 144 g/mol. The zero-order valence-electron chi connectivity index (χ0n) is 5.63. The number of rotatable bonds is 1. The summed E-state index contributed by atoms with van der Waals surface area (Å²) in [5.74, 6) is 0. The zero-order chi connectivity index (χ0) is 7.40. The monoisotopic (exact) mass is 144 g/mol. The van der Waals surface area contributed by atoms with Gasteiger partial charge in [0.05, 0.1) is 6.61 Å². The summed E-state index contributed by atoms with van der Waals surface area (Å²) in [6.45, 7) is 0.637. The predicted molar refractivity (Wildman–Crippen MR) is 33.2 cm³/mol. The lowest BCUT2D eigenvalue weighted by atomic mass is 10.2. The van der Waals surface area contributed by atoms with Gasteiger partial charge in [0.25, 0.3) is 0 Å². The minimum atomic E-state index is -1.01. The smallest absolute Gasteiger partial charge is 0.418 e. The molecule has 0 aromatic rings. The van der Waals surface area contributed by atoms with E-state index in [1.54, 1.807) is 0 Å². The Kier molecular flexibility index (Phi) is 2.50. The number of nitrogens with one attached hydrogen (secondary N) is 1. The van der Waals surface area contributed by atoms with Crippen LogP contribution in [0.1, 0.15) is 19.3 Å². The Bertz CT molecular complexity index is 120. The Morgan fingerprint density at radius 1 is 1.60 bits per heavy atom. The van der Waals surface area contributed by atoms with Crippen LogP contribution in [-0.2, 0) is 9.47 Å². The van der Waals surface area contributed by atoms with Crippen molar-refractivity contribution in [1.29, 1.82) is 0 Å². The van der Waals surface area contributed by atoms with Crippen LogP contribution in [0, 0.1) is 0 Å². The molecule has 0 spiro atoms. The molecule has 0 aromatic heterocycles. The van der Waals surface area contributed by atoms with E-state index in [9.17, 15) is 4.79 Å². The molecule has 10 heavy (non-hydrogen) atoms. The quantitative estimate of drug-likeness (QED) is 0.550. The van der Waals surface area contributed by atoms with Crippen LogP contribution in [0.2, 0.25) is 0 Å². The van der Waals surface area contributed by atoms with Gasteiger partial charge in [-0.1, -0.05) is 0 Å². The fourth-order valence-electron chi connectivity index (χ4n) is 0.924. The largest absolute Gasteiger partial charge is 0.428 e. The number of amides is 1. The number of carbonyl (C=O) groups is 1. The van der Waals surface area contributed by atoms with Crippen molar-refractivity contribution in [3.05, 3.63) is 0 Å². The molecule has 1 fully saturated rings. The summed E-state index contributed by atoms with van der Waals surface area (Å²) in [6, 6.07) is 0. The second-order valence-corrected chi connectivity index (χ2v) is 2.20. The molecule has 1 aliphatic rings. The lowest BCUT2D eigenvalue weighted by Gasteiger charge is -2.20. The summed E-state index contributed by atoms with van der Waals surface area (Å²) in [4.78, 5) is 10.1. The summed E-state index contributed by atoms with van der Waals surface area (Å²) >= 11 is 0. The number of hydrogen-bond acceptors (Lipinski definition) is 3. The normalized spacial score (nSPS) is 25.8. The highest BCUT2D eigenvalue weighted by Gasteiger charge is 2.16. The lowest BCUT2D eigenvalue weighted by Crippen LogP contribution is -2.24. The van der Waals surface area contributed by atoms with Crippen LogP contribution in [0.4, 0.5) is 4.79 Å². The van der Waals surface area contributed by atoms with Crippen LogP contribution < -0.4 is 5.73 Å². The highest BCUT2D eigenvalue weighted by molar-refractivity contribution is 5.63. The van der Waals surface area contributed by atoms with Crippen molar-refractivity contribution in [2.75, 3.05) is 6.61 Å². The summed E-state index contributed by atoms with van der Waals surface area (Å²) in [6.07, 6.45) is 1.29. The maximum absolute atomic E-state index is 10.1. The van der Waals surface area contributed by atoms with Crippen LogP contribution in [0.25, 0.3) is 0 Å². The number of ether oxygens (including phenoxy) is 2. The molecular weight excluding hydrogens is 134 g/mol. The molecule has 1 unspecified atom stereocenters. The van der Waals surface area contributed by atoms with E-state index in [-0.39, 0.29) is 0 Å². The Morgan fingerprint density at radius 3 is 2.90 bits per heavy atom. The van der Waals surface area contributed by atoms with E-state index in [1.165, 1.54) is 0 Å². The molecule has 57 valence electrons. The van der Waals surface area contributed by atoms with E-state index in [0.29, 0.717) is 6.61 Å². The molecule has 1 N–H and O–H groups in total. The second kappa shape index (κ2) is 3.41. The summed E-state index contributed by atoms with van der Waals surface area (Å²) in [7, 11) is 0. The van der Waals surface area contributed by atoms with Crippen LogP contribution in [0.3, 0.4) is 0 Å². The molecule has 1 amide bonds. The van der Waals surface area contributed by atoms with Gasteiger partial charge in [-0.25, -0.2) is 10.5 Å². The van der Waals surface area contributed by atoms with Gasteiger partial charge < -0.3 is 9.47 Å². The van der Waals surface area contributed by atoms with E-state index in [2.05, 4.69) is 4.74 Å². The van der Waals surface area contributed by atoms with Gasteiger partial charge in [-0.05, 0) is 12.8 Å². The van der Waals surface area contributed by atoms with Crippen molar-refractivity contribution in [2.45, 2.75) is 25.6 Å². The van der Waals surface area contributed by atoms with Crippen molar-refractivity contribution < 1.29 is 14.3 Å². The Morgan fingerprint density at radius 2 is 2.40 bits per heavy atom. The van der Waals surface area contributed by atoms with Crippen molar-refractivity contribution in [2.24, 2.45) is 0 Å². The van der Waals surface area contributed by atoms with Gasteiger partial charge in [-0.2, -0.15) is 0 Å². The summed E-state index contributed by atoms with van der Waals surface area (Å²) in [5, 5.41) is 0. The molecule has 0 aromatic carbocycles. The van der Waals surface area contributed by atoms with Gasteiger partial charge in [0.15, 0.2) is 0 Å². The van der Waals surface area contributed by atoms with Crippen molar-refractivity contribution in [3.8, 4) is 0 Å². The standard InChI is InChI=1S/C6H10NO3/c7-6(8)10-5-3-1-2-4-9-5/h5,7H,1-4H2. The number of carbonyl (C=O) groups excluding carboxylic acids is 1. The topological polar surface area (TPSA) is 59.3 Å². The molecule has 1 aliphatic heterocycles. The minimum Gasteiger partial charge on any atom is -0.418 e. The highest BCUT2D eigenvalue weighted by atomic mass is 16.7. The van der Waals surface area contributed by atoms with E-state index >= 15 is 0 Å². The van der Waals surface area contributed by atoms with Crippen LogP contribution >= 0.6 is 0 Å². The molecule has 0 bridgehead atoms. The molecule has 4 heteroatoms. The first-order valence-electron chi connectivity index (χ1n) is 3.33. The molecule has 1 saturated heterocycles. The van der Waals surface area contributed by atoms with Gasteiger partial charge in [0.1, 0.15) is 0 Å². The molecule has 0 aliphatic carbocycles. The van der Waals surface area contributed by atoms with Gasteiger partial charge in [-0.3, -0.25) is 0 Å². The average Bonchev–Trinajstić information content (AvgIpc) is 1.88. The van der Waals surface area contributed by atoms with Gasteiger partial charge in [0.2, 0.25) is 6.29 Å². The zero-order valence-corrected chi connectivity index (χ0v) is 5.63. The van der Waals surface area contributed by atoms with Crippen LogP contribution in [0.5, 0.6) is 0 Å². The minimum absolute atomic E-state index is 0.459. The first-order chi connectivity index (χ1) is 4.79. The Balaban J connectivity index is 2.19. The maximum atomic E-state index is 10.1. The van der Waals surface area contributed by atoms with Crippen LogP contribution in [-0.4, -0.2) is 19.0 Å². The molecule has 1 atom stereocenters. The molecule has 0 saturated carbocycles. The number of hydrogen-bond donors (Lipinski definition) is 0. The van der Waals surface area contributed by atoms with E-state index in [0.717, 1.165) is 19.3 Å². The molecule has 4 nitrogen and oxygen atoms in total. The van der Waals surface area contributed by atoms with E-state index < -0.39 is 12.4 Å². The lowest BCUT2D eigenvalue weighted by molar-refractivity contribution is -0.125. The predicted octanol–water partition coefficient (Wildman–Crippen LogP) is 0.932. The fraction of sp³-hybridized carbons (Fsp3) is 0.833.